The van der Waals surface area contributed by atoms with Gasteiger partial charge in [0.05, 0.1) is 6.61 Å². The van der Waals surface area contributed by atoms with Crippen molar-refractivity contribution in [1.29, 1.82) is 0 Å². The van der Waals surface area contributed by atoms with Gasteiger partial charge in [0.25, 0.3) is 0 Å². The van der Waals surface area contributed by atoms with Gasteiger partial charge >= 0.3 is 0 Å². The van der Waals surface area contributed by atoms with Crippen molar-refractivity contribution in [1.82, 2.24) is 4.90 Å². The van der Waals surface area contributed by atoms with Gasteiger partial charge in [-0.05, 0) is 42.8 Å². The van der Waals surface area contributed by atoms with E-state index in [-0.39, 0.29) is 0 Å². The first-order chi connectivity index (χ1) is 10.2. The normalized spacial score (nSPS) is 17.3. The van der Waals surface area contributed by atoms with Crippen LogP contribution in [-0.4, -0.2) is 25.1 Å². The van der Waals surface area contributed by atoms with Crippen molar-refractivity contribution in [2.75, 3.05) is 25.9 Å². The first kappa shape index (κ1) is 14.0. The molecular formula is C18H22N2O. The molecule has 1 aliphatic heterocycles. The van der Waals surface area contributed by atoms with E-state index in [9.17, 15) is 0 Å². The van der Waals surface area contributed by atoms with E-state index >= 15 is 0 Å². The van der Waals surface area contributed by atoms with Crippen molar-refractivity contribution in [2.24, 2.45) is 0 Å². The summed E-state index contributed by atoms with van der Waals surface area (Å²) in [6.45, 7) is 2.81. The lowest BCUT2D eigenvalue weighted by Gasteiger charge is -2.29. The number of fused-ring (bicyclic) bond motifs is 1. The maximum Gasteiger partial charge on any atom is 0.122 e. The lowest BCUT2D eigenvalue weighted by atomic mass is 9.92. The Labute approximate surface area is 126 Å². The van der Waals surface area contributed by atoms with Crippen molar-refractivity contribution in [3.8, 4) is 5.75 Å². The molecule has 2 N–H and O–H groups in total. The lowest BCUT2D eigenvalue weighted by Crippen LogP contribution is -2.27. The van der Waals surface area contributed by atoms with Gasteiger partial charge in [0.1, 0.15) is 5.75 Å². The monoisotopic (exact) mass is 282 g/mol. The number of ether oxygens (including phenoxy) is 1. The van der Waals surface area contributed by atoms with Crippen LogP contribution in [-0.2, 0) is 6.54 Å². The van der Waals surface area contributed by atoms with Gasteiger partial charge in [0.15, 0.2) is 0 Å². The van der Waals surface area contributed by atoms with E-state index in [4.69, 9.17) is 10.5 Å². The number of anilines is 1. The summed E-state index contributed by atoms with van der Waals surface area (Å²) in [5.41, 5.74) is 9.19. The highest BCUT2D eigenvalue weighted by atomic mass is 16.5. The Morgan fingerprint density at radius 3 is 2.71 bits per heavy atom. The summed E-state index contributed by atoms with van der Waals surface area (Å²) in [6, 6.07) is 16.5. The second-order valence-electron chi connectivity index (χ2n) is 5.81. The Balaban J connectivity index is 1.65. The fraction of sp³-hybridized carbons (Fsp3) is 0.333. The maximum absolute atomic E-state index is 5.73. The zero-order valence-electron chi connectivity index (χ0n) is 12.5. The van der Waals surface area contributed by atoms with Gasteiger partial charge in [-0.2, -0.15) is 0 Å². The number of nitrogen functional groups attached to an aromatic ring is 1. The summed E-state index contributed by atoms with van der Waals surface area (Å²) < 4.78 is 5.73. The number of hydrogen-bond donors (Lipinski definition) is 1. The lowest BCUT2D eigenvalue weighted by molar-refractivity contribution is 0.228. The van der Waals surface area contributed by atoms with Crippen LogP contribution in [0.3, 0.4) is 0 Å². The molecule has 2 aromatic carbocycles. The zero-order valence-corrected chi connectivity index (χ0v) is 12.5. The van der Waals surface area contributed by atoms with Crippen molar-refractivity contribution in [3.63, 3.8) is 0 Å². The Kier molecular flexibility index (Phi) is 4.11. The van der Waals surface area contributed by atoms with Crippen LogP contribution in [0.4, 0.5) is 5.69 Å². The summed E-state index contributed by atoms with van der Waals surface area (Å²) in [7, 11) is 2.18. The third-order valence-corrected chi connectivity index (χ3v) is 4.05. The second-order valence-corrected chi connectivity index (χ2v) is 5.81. The van der Waals surface area contributed by atoms with Crippen molar-refractivity contribution >= 4 is 5.69 Å². The molecular weight excluding hydrogens is 260 g/mol. The molecule has 3 rings (SSSR count). The van der Waals surface area contributed by atoms with E-state index in [0.717, 1.165) is 37.6 Å². The van der Waals surface area contributed by atoms with Gasteiger partial charge in [-0.15, -0.1) is 0 Å². The topological polar surface area (TPSA) is 38.5 Å². The Morgan fingerprint density at radius 2 is 1.90 bits per heavy atom. The quantitative estimate of drug-likeness (QED) is 0.875. The molecule has 1 atom stereocenters. The van der Waals surface area contributed by atoms with Gasteiger partial charge in [0, 0.05) is 24.7 Å². The smallest absolute Gasteiger partial charge is 0.122 e. The van der Waals surface area contributed by atoms with Gasteiger partial charge in [-0.25, -0.2) is 0 Å². The minimum atomic E-state index is 0.550. The minimum absolute atomic E-state index is 0.550. The fourth-order valence-corrected chi connectivity index (χ4v) is 2.98. The average Bonchev–Trinajstić information content (AvgIpc) is 2.50. The molecule has 0 spiro atoms. The summed E-state index contributed by atoms with van der Waals surface area (Å²) in [5, 5.41) is 0. The SMILES string of the molecule is CN(Cc1ccc(N)cc1)CC1CCOc2ccccc21. The molecule has 0 saturated heterocycles. The van der Waals surface area contributed by atoms with Crippen LogP contribution in [0, 0.1) is 0 Å². The molecule has 2 aromatic rings. The Hall–Kier alpha value is -2.00. The number of para-hydroxylation sites is 1. The van der Waals surface area contributed by atoms with E-state index < -0.39 is 0 Å². The number of benzene rings is 2. The van der Waals surface area contributed by atoms with E-state index in [2.05, 4.69) is 42.3 Å². The molecule has 1 heterocycles. The molecule has 3 heteroatoms. The summed E-state index contributed by atoms with van der Waals surface area (Å²) in [5.74, 6) is 1.60. The zero-order chi connectivity index (χ0) is 14.7. The molecule has 1 unspecified atom stereocenters. The molecule has 110 valence electrons. The first-order valence-corrected chi connectivity index (χ1v) is 7.47. The first-order valence-electron chi connectivity index (χ1n) is 7.47. The Morgan fingerprint density at radius 1 is 1.14 bits per heavy atom. The largest absolute Gasteiger partial charge is 0.493 e. The van der Waals surface area contributed by atoms with Gasteiger partial charge in [-0.3, -0.25) is 0 Å². The van der Waals surface area contributed by atoms with Crippen LogP contribution in [0.2, 0.25) is 0 Å². The minimum Gasteiger partial charge on any atom is -0.493 e. The molecule has 3 nitrogen and oxygen atoms in total. The van der Waals surface area contributed by atoms with E-state index in [0.29, 0.717) is 5.92 Å². The van der Waals surface area contributed by atoms with Gasteiger partial charge < -0.3 is 15.4 Å². The highest BCUT2D eigenvalue weighted by Crippen LogP contribution is 2.33. The van der Waals surface area contributed by atoms with Crippen LogP contribution in [0.25, 0.3) is 0 Å². The standard InChI is InChI=1S/C18H22N2O/c1-20(12-14-6-8-16(19)9-7-14)13-15-10-11-21-18-5-3-2-4-17(15)18/h2-9,15H,10-13,19H2,1H3. The third-order valence-electron chi connectivity index (χ3n) is 4.05. The van der Waals surface area contributed by atoms with E-state index in [1.165, 1.54) is 11.1 Å². The molecule has 0 fully saturated rings. The number of nitrogens with two attached hydrogens (primary N) is 1. The molecule has 21 heavy (non-hydrogen) atoms. The molecule has 1 aliphatic rings. The molecule has 0 bridgehead atoms. The number of hydrogen-bond acceptors (Lipinski definition) is 3. The van der Waals surface area contributed by atoms with Gasteiger partial charge in [0.2, 0.25) is 0 Å². The highest BCUT2D eigenvalue weighted by Gasteiger charge is 2.22. The van der Waals surface area contributed by atoms with E-state index in [1.54, 1.807) is 0 Å². The molecule has 0 aliphatic carbocycles. The van der Waals surface area contributed by atoms with Crippen LogP contribution in [0.1, 0.15) is 23.5 Å². The van der Waals surface area contributed by atoms with Crippen molar-refractivity contribution in [3.05, 3.63) is 59.7 Å². The van der Waals surface area contributed by atoms with Crippen LogP contribution in [0.15, 0.2) is 48.5 Å². The Bertz CT molecular complexity index is 594. The average molecular weight is 282 g/mol. The number of rotatable bonds is 4. The summed E-state index contributed by atoms with van der Waals surface area (Å²) in [6.07, 6.45) is 1.09. The number of nitrogens with zero attached hydrogens (tertiary/aromatic N) is 1. The second kappa shape index (κ2) is 6.19. The van der Waals surface area contributed by atoms with Crippen LogP contribution < -0.4 is 10.5 Å². The van der Waals surface area contributed by atoms with E-state index in [1.807, 2.05) is 18.2 Å². The predicted octanol–water partition coefficient (Wildman–Crippen LogP) is 3.27. The number of likely N-dealkylation sites (N-methyl/N-ethyl adjacent to an activating group) is 1. The fourth-order valence-electron chi connectivity index (χ4n) is 2.98. The van der Waals surface area contributed by atoms with Crippen molar-refractivity contribution < 1.29 is 4.74 Å². The van der Waals surface area contributed by atoms with Crippen LogP contribution in [0.5, 0.6) is 5.75 Å². The third kappa shape index (κ3) is 3.37. The predicted molar refractivity (Wildman–Crippen MR) is 86.5 cm³/mol. The highest BCUT2D eigenvalue weighted by molar-refractivity contribution is 5.39. The van der Waals surface area contributed by atoms with Crippen molar-refractivity contribution in [2.45, 2.75) is 18.9 Å². The molecule has 0 radical (unpaired) electrons. The van der Waals surface area contributed by atoms with Gasteiger partial charge in [-0.1, -0.05) is 30.3 Å². The molecule has 0 saturated carbocycles. The molecule has 0 amide bonds. The maximum atomic E-state index is 5.73. The molecule has 0 aromatic heterocycles. The summed E-state index contributed by atoms with van der Waals surface area (Å²) in [4.78, 5) is 2.37. The summed E-state index contributed by atoms with van der Waals surface area (Å²) >= 11 is 0. The van der Waals surface area contributed by atoms with Crippen LogP contribution >= 0.6 is 0 Å².